The standard InChI is InChI=1S/C14H19BrN2O/c1-9-4-3-5-10(2)17(9)14(18)11-6-12(15)8-13(16)7-11/h6-10H,3-5,16H2,1-2H3/t9-,10+. The van der Waals surface area contributed by atoms with Gasteiger partial charge < -0.3 is 10.6 Å². The van der Waals surface area contributed by atoms with Gasteiger partial charge in [-0.3, -0.25) is 4.79 Å². The number of nitrogens with zero attached hydrogens (tertiary/aromatic N) is 1. The van der Waals surface area contributed by atoms with Crippen molar-refractivity contribution in [2.24, 2.45) is 0 Å². The van der Waals surface area contributed by atoms with E-state index in [1.807, 2.05) is 11.0 Å². The van der Waals surface area contributed by atoms with Crippen LogP contribution in [0, 0.1) is 0 Å². The summed E-state index contributed by atoms with van der Waals surface area (Å²) in [5.41, 5.74) is 7.08. The Morgan fingerprint density at radius 2 is 1.89 bits per heavy atom. The van der Waals surface area contributed by atoms with E-state index in [0.717, 1.165) is 17.3 Å². The maximum Gasteiger partial charge on any atom is 0.254 e. The van der Waals surface area contributed by atoms with Crippen molar-refractivity contribution in [2.75, 3.05) is 5.73 Å². The highest BCUT2D eigenvalue weighted by Gasteiger charge is 2.29. The molecule has 98 valence electrons. The van der Waals surface area contributed by atoms with E-state index in [0.29, 0.717) is 23.3 Å². The molecule has 1 aliphatic rings. The Bertz CT molecular complexity index is 431. The fourth-order valence-electron chi connectivity index (χ4n) is 2.71. The molecule has 2 rings (SSSR count). The lowest BCUT2D eigenvalue weighted by Crippen LogP contribution is -2.47. The lowest BCUT2D eigenvalue weighted by atomic mass is 9.96. The van der Waals surface area contributed by atoms with Gasteiger partial charge >= 0.3 is 0 Å². The number of piperidine rings is 1. The zero-order valence-corrected chi connectivity index (χ0v) is 12.4. The van der Waals surface area contributed by atoms with Gasteiger partial charge in [-0.2, -0.15) is 0 Å². The molecule has 2 N–H and O–H groups in total. The first-order valence-corrected chi connectivity index (χ1v) is 7.17. The van der Waals surface area contributed by atoms with Crippen LogP contribution < -0.4 is 5.73 Å². The third kappa shape index (κ3) is 2.69. The molecule has 1 amide bonds. The minimum absolute atomic E-state index is 0.0858. The van der Waals surface area contributed by atoms with Crippen LogP contribution in [0.25, 0.3) is 0 Å². The fraction of sp³-hybridized carbons (Fsp3) is 0.500. The summed E-state index contributed by atoms with van der Waals surface area (Å²) in [4.78, 5) is 14.6. The van der Waals surface area contributed by atoms with Crippen molar-refractivity contribution in [3.8, 4) is 0 Å². The molecule has 0 aromatic heterocycles. The lowest BCUT2D eigenvalue weighted by Gasteiger charge is -2.39. The molecule has 1 aromatic rings. The Kier molecular flexibility index (Phi) is 3.95. The van der Waals surface area contributed by atoms with Gasteiger partial charge in [0, 0.05) is 27.8 Å². The largest absolute Gasteiger partial charge is 0.399 e. The van der Waals surface area contributed by atoms with Crippen LogP contribution in [0.3, 0.4) is 0 Å². The van der Waals surface area contributed by atoms with Crippen molar-refractivity contribution >= 4 is 27.5 Å². The van der Waals surface area contributed by atoms with Gasteiger partial charge in [0.2, 0.25) is 0 Å². The molecule has 1 fully saturated rings. The van der Waals surface area contributed by atoms with Crippen molar-refractivity contribution in [3.63, 3.8) is 0 Å². The van der Waals surface area contributed by atoms with Crippen LogP contribution in [0.5, 0.6) is 0 Å². The average Bonchev–Trinajstić information content (AvgIpc) is 2.27. The number of hydrogen-bond donors (Lipinski definition) is 1. The molecule has 2 atom stereocenters. The number of benzene rings is 1. The Hall–Kier alpha value is -1.03. The number of hydrogen-bond acceptors (Lipinski definition) is 2. The van der Waals surface area contributed by atoms with Gasteiger partial charge in [-0.15, -0.1) is 0 Å². The summed E-state index contributed by atoms with van der Waals surface area (Å²) >= 11 is 3.38. The Morgan fingerprint density at radius 3 is 2.44 bits per heavy atom. The van der Waals surface area contributed by atoms with Gasteiger partial charge in [0.25, 0.3) is 5.91 Å². The Labute approximate surface area is 116 Å². The van der Waals surface area contributed by atoms with Crippen LogP contribution in [0.1, 0.15) is 43.5 Å². The lowest BCUT2D eigenvalue weighted by molar-refractivity contribution is 0.0511. The molecule has 0 unspecified atom stereocenters. The van der Waals surface area contributed by atoms with Gasteiger partial charge in [0.05, 0.1) is 0 Å². The van der Waals surface area contributed by atoms with Crippen LogP contribution in [0.15, 0.2) is 22.7 Å². The summed E-state index contributed by atoms with van der Waals surface area (Å²) in [5.74, 6) is 0.0858. The summed E-state index contributed by atoms with van der Waals surface area (Å²) in [7, 11) is 0. The second-order valence-corrected chi connectivity index (χ2v) is 6.03. The van der Waals surface area contributed by atoms with Gasteiger partial charge in [-0.1, -0.05) is 15.9 Å². The number of rotatable bonds is 1. The number of likely N-dealkylation sites (tertiary alicyclic amines) is 1. The van der Waals surface area contributed by atoms with Crippen molar-refractivity contribution < 1.29 is 4.79 Å². The molecular weight excluding hydrogens is 292 g/mol. The minimum atomic E-state index is 0.0858. The van der Waals surface area contributed by atoms with Gasteiger partial charge in [0.15, 0.2) is 0 Å². The van der Waals surface area contributed by atoms with Gasteiger partial charge in [0.1, 0.15) is 0 Å². The molecule has 3 nitrogen and oxygen atoms in total. The normalized spacial score (nSPS) is 24.1. The van der Waals surface area contributed by atoms with Crippen LogP contribution in [-0.4, -0.2) is 22.9 Å². The second-order valence-electron chi connectivity index (χ2n) is 5.11. The Balaban J connectivity index is 2.29. The highest BCUT2D eigenvalue weighted by Crippen LogP contribution is 2.26. The summed E-state index contributed by atoms with van der Waals surface area (Å²) in [6.07, 6.45) is 3.37. The Morgan fingerprint density at radius 1 is 1.28 bits per heavy atom. The maximum absolute atomic E-state index is 12.6. The fourth-order valence-corrected chi connectivity index (χ4v) is 3.22. The zero-order valence-electron chi connectivity index (χ0n) is 10.8. The highest BCUT2D eigenvalue weighted by atomic mass is 79.9. The van der Waals surface area contributed by atoms with E-state index in [1.54, 1.807) is 12.1 Å². The molecule has 0 radical (unpaired) electrons. The molecule has 1 aromatic carbocycles. The van der Waals surface area contributed by atoms with E-state index < -0.39 is 0 Å². The first kappa shape index (κ1) is 13.4. The number of nitrogen functional groups attached to an aromatic ring is 1. The van der Waals surface area contributed by atoms with Crippen LogP contribution in [0.4, 0.5) is 5.69 Å². The predicted molar refractivity (Wildman–Crippen MR) is 77.5 cm³/mol. The topological polar surface area (TPSA) is 46.3 Å². The van der Waals surface area contributed by atoms with Crippen molar-refractivity contribution in [2.45, 2.75) is 45.2 Å². The molecule has 0 aliphatic carbocycles. The molecular formula is C14H19BrN2O. The smallest absolute Gasteiger partial charge is 0.254 e. The molecule has 0 bridgehead atoms. The summed E-state index contributed by atoms with van der Waals surface area (Å²) in [5, 5.41) is 0. The maximum atomic E-state index is 12.6. The molecule has 18 heavy (non-hydrogen) atoms. The quantitative estimate of drug-likeness (QED) is 0.808. The third-order valence-electron chi connectivity index (χ3n) is 3.60. The van der Waals surface area contributed by atoms with E-state index >= 15 is 0 Å². The molecule has 1 aliphatic heterocycles. The first-order chi connectivity index (χ1) is 8.49. The highest BCUT2D eigenvalue weighted by molar-refractivity contribution is 9.10. The zero-order chi connectivity index (χ0) is 13.3. The summed E-state index contributed by atoms with van der Waals surface area (Å²) in [6, 6.07) is 6.01. The predicted octanol–water partition coefficient (Wildman–Crippen LogP) is 3.43. The van der Waals surface area contributed by atoms with E-state index in [9.17, 15) is 4.79 Å². The third-order valence-corrected chi connectivity index (χ3v) is 4.05. The minimum Gasteiger partial charge on any atom is -0.399 e. The molecule has 0 saturated carbocycles. The molecule has 0 spiro atoms. The summed E-state index contributed by atoms with van der Waals surface area (Å²) < 4.78 is 0.850. The second kappa shape index (κ2) is 5.31. The van der Waals surface area contributed by atoms with Crippen LogP contribution >= 0.6 is 15.9 Å². The number of halogens is 1. The molecule has 1 heterocycles. The van der Waals surface area contributed by atoms with Crippen molar-refractivity contribution in [1.82, 2.24) is 4.90 Å². The van der Waals surface area contributed by atoms with E-state index in [2.05, 4.69) is 29.8 Å². The first-order valence-electron chi connectivity index (χ1n) is 6.38. The monoisotopic (exact) mass is 310 g/mol. The van der Waals surface area contributed by atoms with E-state index in [4.69, 9.17) is 5.73 Å². The van der Waals surface area contributed by atoms with Gasteiger partial charge in [-0.25, -0.2) is 0 Å². The number of nitrogens with two attached hydrogens (primary N) is 1. The van der Waals surface area contributed by atoms with Crippen LogP contribution in [-0.2, 0) is 0 Å². The number of carbonyl (C=O) groups is 1. The van der Waals surface area contributed by atoms with Crippen molar-refractivity contribution in [3.05, 3.63) is 28.2 Å². The van der Waals surface area contributed by atoms with Crippen LogP contribution in [0.2, 0.25) is 0 Å². The SMILES string of the molecule is C[C@@H]1CCC[C@H](C)N1C(=O)c1cc(N)cc(Br)c1. The number of anilines is 1. The summed E-state index contributed by atoms with van der Waals surface area (Å²) in [6.45, 7) is 4.24. The molecule has 4 heteroatoms. The van der Waals surface area contributed by atoms with E-state index in [1.165, 1.54) is 6.42 Å². The van der Waals surface area contributed by atoms with Gasteiger partial charge in [-0.05, 0) is 51.3 Å². The average molecular weight is 311 g/mol. The number of amides is 1. The van der Waals surface area contributed by atoms with E-state index in [-0.39, 0.29) is 5.91 Å². The molecule has 1 saturated heterocycles. The number of carbonyl (C=O) groups excluding carboxylic acids is 1. The van der Waals surface area contributed by atoms with Crippen molar-refractivity contribution in [1.29, 1.82) is 0 Å².